The minimum Gasteiger partial charge on any atom is -0.455 e. The maximum Gasteiger partial charge on any atom is 0.305 e. The van der Waals surface area contributed by atoms with E-state index in [0.717, 1.165) is 17.7 Å². The number of carbonyl (C=O) groups is 2. The van der Waals surface area contributed by atoms with Crippen LogP contribution >= 0.6 is 0 Å². The number of hydrazone groups is 1. The lowest BCUT2D eigenvalue weighted by Crippen LogP contribution is -2.29. The van der Waals surface area contributed by atoms with Gasteiger partial charge in [-0.1, -0.05) is 30.3 Å². The van der Waals surface area contributed by atoms with E-state index in [2.05, 4.69) is 21.4 Å². The first kappa shape index (κ1) is 22.7. The smallest absolute Gasteiger partial charge is 0.305 e. The number of hydrogen-bond acceptors (Lipinski definition) is 7. The number of non-ortho nitro benzene ring substituents is 1. The van der Waals surface area contributed by atoms with Crippen LogP contribution in [0.25, 0.3) is 0 Å². The number of nitro benzene ring substituents is 1. The topological polar surface area (TPSA) is 139 Å². The fraction of sp³-hybridized carbons (Fsp3) is 0.208. The van der Waals surface area contributed by atoms with Crippen LogP contribution in [0.2, 0.25) is 0 Å². The van der Waals surface area contributed by atoms with Gasteiger partial charge in [-0.05, 0) is 37.5 Å². The first-order chi connectivity index (χ1) is 16.4. The minimum absolute atomic E-state index is 0.0326. The number of furan rings is 1. The number of hydrogen-bond donors (Lipinski definition) is 3. The largest absolute Gasteiger partial charge is 0.455 e. The maximum atomic E-state index is 12.7. The summed E-state index contributed by atoms with van der Waals surface area (Å²) in [6.07, 6.45) is 2.12. The van der Waals surface area contributed by atoms with Crippen LogP contribution in [0.1, 0.15) is 45.8 Å². The van der Waals surface area contributed by atoms with Gasteiger partial charge in [0, 0.05) is 29.7 Å². The van der Waals surface area contributed by atoms with Crippen LogP contribution in [0, 0.1) is 17.0 Å². The second-order valence-corrected chi connectivity index (χ2v) is 7.85. The molecule has 34 heavy (non-hydrogen) atoms. The minimum atomic E-state index is -0.490. The van der Waals surface area contributed by atoms with E-state index in [1.165, 1.54) is 24.3 Å². The van der Waals surface area contributed by atoms with Crippen molar-refractivity contribution < 1.29 is 18.9 Å². The SMILES string of the molecule is Cc1c(C(=O)NNc2ccccc2)oc2c1/C(=N/NC(=O)Cc1ccc([N+](=O)[O-])cc1)CCC2. The highest BCUT2D eigenvalue weighted by atomic mass is 16.6. The predicted octanol–water partition coefficient (Wildman–Crippen LogP) is 3.65. The Bertz CT molecular complexity index is 1250. The summed E-state index contributed by atoms with van der Waals surface area (Å²) in [7, 11) is 0. The normalized spacial score (nSPS) is 13.7. The van der Waals surface area contributed by atoms with Gasteiger partial charge in [-0.2, -0.15) is 5.10 Å². The van der Waals surface area contributed by atoms with Crippen molar-refractivity contribution in [3.05, 3.63) is 92.9 Å². The molecule has 4 rings (SSSR count). The zero-order valence-corrected chi connectivity index (χ0v) is 18.5. The molecule has 0 aliphatic heterocycles. The van der Waals surface area contributed by atoms with Gasteiger partial charge in [0.15, 0.2) is 5.76 Å². The second kappa shape index (κ2) is 9.99. The molecule has 0 fully saturated rings. The van der Waals surface area contributed by atoms with Crippen molar-refractivity contribution in [2.45, 2.75) is 32.6 Å². The number of para-hydroxylation sites is 1. The van der Waals surface area contributed by atoms with Crippen molar-refractivity contribution in [1.29, 1.82) is 0 Å². The Kier molecular flexibility index (Phi) is 6.67. The van der Waals surface area contributed by atoms with Crippen LogP contribution in [0.15, 0.2) is 64.1 Å². The molecule has 2 amide bonds. The number of fused-ring (bicyclic) bond motifs is 1. The lowest BCUT2D eigenvalue weighted by atomic mass is 9.93. The molecule has 0 atom stereocenters. The molecule has 10 nitrogen and oxygen atoms in total. The number of nitrogens with one attached hydrogen (secondary N) is 3. The van der Waals surface area contributed by atoms with Gasteiger partial charge >= 0.3 is 5.91 Å². The second-order valence-electron chi connectivity index (χ2n) is 7.85. The summed E-state index contributed by atoms with van der Waals surface area (Å²) in [5, 5.41) is 15.1. The number of amides is 2. The fourth-order valence-corrected chi connectivity index (χ4v) is 3.79. The van der Waals surface area contributed by atoms with Gasteiger partial charge in [0.1, 0.15) is 5.76 Å². The van der Waals surface area contributed by atoms with Gasteiger partial charge in [-0.3, -0.25) is 30.6 Å². The highest BCUT2D eigenvalue weighted by Gasteiger charge is 2.28. The molecular weight excluding hydrogens is 438 g/mol. The van der Waals surface area contributed by atoms with Crippen LogP contribution in [0.3, 0.4) is 0 Å². The molecule has 1 heterocycles. The summed E-state index contributed by atoms with van der Waals surface area (Å²) in [5.74, 6) is 0.106. The molecule has 0 bridgehead atoms. The summed E-state index contributed by atoms with van der Waals surface area (Å²) < 4.78 is 5.85. The Morgan fingerprint density at radius 2 is 1.82 bits per heavy atom. The number of benzene rings is 2. The van der Waals surface area contributed by atoms with E-state index in [9.17, 15) is 19.7 Å². The number of anilines is 1. The summed E-state index contributed by atoms with van der Waals surface area (Å²) in [6.45, 7) is 1.79. The lowest BCUT2D eigenvalue weighted by molar-refractivity contribution is -0.384. The molecule has 1 aromatic heterocycles. The number of hydrazine groups is 1. The Morgan fingerprint density at radius 1 is 1.09 bits per heavy atom. The molecule has 0 saturated carbocycles. The monoisotopic (exact) mass is 461 g/mol. The Morgan fingerprint density at radius 3 is 2.53 bits per heavy atom. The van der Waals surface area contributed by atoms with E-state index < -0.39 is 10.8 Å². The summed E-state index contributed by atoms with van der Waals surface area (Å²) in [5.41, 5.74) is 11.4. The van der Waals surface area contributed by atoms with Gasteiger partial charge < -0.3 is 4.42 Å². The Labute approximate surface area is 195 Å². The molecule has 0 unspecified atom stereocenters. The molecule has 1 aliphatic rings. The molecule has 3 N–H and O–H groups in total. The van der Waals surface area contributed by atoms with Gasteiger partial charge in [0.25, 0.3) is 5.69 Å². The first-order valence-electron chi connectivity index (χ1n) is 10.7. The lowest BCUT2D eigenvalue weighted by Gasteiger charge is -2.13. The Balaban J connectivity index is 1.43. The maximum absolute atomic E-state index is 12.7. The summed E-state index contributed by atoms with van der Waals surface area (Å²) in [4.78, 5) is 35.3. The molecular formula is C24H23N5O5. The van der Waals surface area contributed by atoms with Gasteiger partial charge in [0.05, 0.1) is 22.7 Å². The average molecular weight is 461 g/mol. The molecule has 3 aromatic rings. The van der Waals surface area contributed by atoms with E-state index >= 15 is 0 Å². The summed E-state index contributed by atoms with van der Waals surface area (Å²) >= 11 is 0. The average Bonchev–Trinajstić information content (AvgIpc) is 3.19. The van der Waals surface area contributed by atoms with Crippen LogP contribution in [0.5, 0.6) is 0 Å². The number of aryl methyl sites for hydroxylation is 1. The van der Waals surface area contributed by atoms with Gasteiger partial charge in [-0.25, -0.2) is 5.43 Å². The highest BCUT2D eigenvalue weighted by molar-refractivity contribution is 6.06. The third kappa shape index (κ3) is 5.12. The van der Waals surface area contributed by atoms with E-state index in [4.69, 9.17) is 4.42 Å². The first-order valence-corrected chi connectivity index (χ1v) is 10.7. The molecule has 0 spiro atoms. The predicted molar refractivity (Wildman–Crippen MR) is 125 cm³/mol. The van der Waals surface area contributed by atoms with E-state index in [1.54, 1.807) is 6.92 Å². The molecule has 2 aromatic carbocycles. The van der Waals surface area contributed by atoms with Crippen LogP contribution in [0.4, 0.5) is 11.4 Å². The quantitative estimate of drug-likeness (QED) is 0.363. The number of rotatable bonds is 7. The molecule has 10 heteroatoms. The molecule has 0 saturated heterocycles. The van der Waals surface area contributed by atoms with Crippen molar-refractivity contribution in [2.75, 3.05) is 5.43 Å². The van der Waals surface area contributed by atoms with Crippen LogP contribution in [-0.4, -0.2) is 22.4 Å². The highest BCUT2D eigenvalue weighted by Crippen LogP contribution is 2.30. The Hall–Kier alpha value is -4.47. The van der Waals surface area contributed by atoms with Crippen LogP contribution < -0.4 is 16.3 Å². The number of carbonyl (C=O) groups excluding carboxylic acids is 2. The van der Waals surface area contributed by atoms with Crippen molar-refractivity contribution in [3.8, 4) is 0 Å². The fourth-order valence-electron chi connectivity index (χ4n) is 3.79. The third-order valence-electron chi connectivity index (χ3n) is 5.45. The van der Waals surface area contributed by atoms with Crippen molar-refractivity contribution in [2.24, 2.45) is 5.10 Å². The van der Waals surface area contributed by atoms with Gasteiger partial charge in [0.2, 0.25) is 5.91 Å². The number of nitro groups is 1. The molecule has 0 radical (unpaired) electrons. The van der Waals surface area contributed by atoms with Crippen LogP contribution in [-0.2, 0) is 17.6 Å². The third-order valence-corrected chi connectivity index (χ3v) is 5.45. The van der Waals surface area contributed by atoms with Crippen molar-refractivity contribution >= 4 is 28.9 Å². The molecule has 174 valence electrons. The number of nitrogens with zero attached hydrogens (tertiary/aromatic N) is 2. The van der Waals surface area contributed by atoms with Crippen molar-refractivity contribution in [3.63, 3.8) is 0 Å². The summed E-state index contributed by atoms with van der Waals surface area (Å²) in [6, 6.07) is 15.0. The van der Waals surface area contributed by atoms with Gasteiger partial charge in [-0.15, -0.1) is 0 Å². The van der Waals surface area contributed by atoms with E-state index in [1.807, 2.05) is 30.3 Å². The zero-order valence-electron chi connectivity index (χ0n) is 18.5. The van der Waals surface area contributed by atoms with Crippen molar-refractivity contribution in [1.82, 2.24) is 10.9 Å². The zero-order chi connectivity index (χ0) is 24.1. The standard InChI is InChI=1S/C24H23N5O5/c1-15-22-19(26-27-21(30)14-16-10-12-18(13-11-16)29(32)33)8-5-9-20(22)34-23(15)24(31)28-25-17-6-3-2-4-7-17/h2-4,6-7,10-13,25H,5,8-9,14H2,1H3,(H,27,30)(H,28,31)/b26-19+. The van der Waals surface area contributed by atoms with E-state index in [-0.39, 0.29) is 23.8 Å². The van der Waals surface area contributed by atoms with E-state index in [0.29, 0.717) is 35.4 Å². The molecule has 1 aliphatic carbocycles.